The van der Waals surface area contributed by atoms with Crippen LogP contribution >= 0.6 is 11.6 Å². The number of hydrogen-bond acceptors (Lipinski definition) is 1. The zero-order chi connectivity index (χ0) is 7.73. The summed E-state index contributed by atoms with van der Waals surface area (Å²) in [6.45, 7) is 0.975. The standard InChI is InChI=1S/C9H15ClO/c10-7-9(3-4-9)6-8-2-1-5-11-8/h8H,1-7H2. The maximum absolute atomic E-state index is 5.88. The van der Waals surface area contributed by atoms with Gasteiger partial charge in [-0.25, -0.2) is 0 Å². The van der Waals surface area contributed by atoms with Gasteiger partial charge in [-0.1, -0.05) is 0 Å². The molecule has 11 heavy (non-hydrogen) atoms. The number of hydrogen-bond donors (Lipinski definition) is 0. The lowest BCUT2D eigenvalue weighted by Crippen LogP contribution is -2.14. The fraction of sp³-hybridized carbons (Fsp3) is 1.00. The largest absolute Gasteiger partial charge is 0.378 e. The lowest BCUT2D eigenvalue weighted by atomic mass is 9.99. The van der Waals surface area contributed by atoms with Gasteiger partial charge in [-0.2, -0.15) is 0 Å². The van der Waals surface area contributed by atoms with Crippen LogP contribution in [0.1, 0.15) is 32.1 Å². The molecule has 1 atom stereocenters. The van der Waals surface area contributed by atoms with Crippen molar-refractivity contribution in [2.24, 2.45) is 5.41 Å². The van der Waals surface area contributed by atoms with Crippen LogP contribution in [0.4, 0.5) is 0 Å². The number of alkyl halides is 1. The van der Waals surface area contributed by atoms with Gasteiger partial charge in [0.1, 0.15) is 0 Å². The van der Waals surface area contributed by atoms with Crippen molar-refractivity contribution >= 4 is 11.6 Å². The first-order valence-electron chi connectivity index (χ1n) is 4.52. The van der Waals surface area contributed by atoms with E-state index in [0.717, 1.165) is 12.5 Å². The minimum Gasteiger partial charge on any atom is -0.378 e. The monoisotopic (exact) mass is 174 g/mol. The summed E-state index contributed by atoms with van der Waals surface area (Å²) in [5, 5.41) is 0. The van der Waals surface area contributed by atoms with Gasteiger partial charge in [0.25, 0.3) is 0 Å². The van der Waals surface area contributed by atoms with Crippen molar-refractivity contribution < 1.29 is 4.74 Å². The van der Waals surface area contributed by atoms with Gasteiger partial charge in [0, 0.05) is 12.5 Å². The first-order valence-corrected chi connectivity index (χ1v) is 5.06. The molecule has 2 aliphatic rings. The van der Waals surface area contributed by atoms with Gasteiger partial charge in [-0.15, -0.1) is 11.6 Å². The molecule has 2 rings (SSSR count). The molecule has 0 aromatic rings. The molecule has 1 aliphatic heterocycles. The fourth-order valence-corrected chi connectivity index (χ4v) is 2.23. The Balaban J connectivity index is 1.80. The summed E-state index contributed by atoms with van der Waals surface area (Å²) in [5.41, 5.74) is 0.497. The normalized spacial score (nSPS) is 34.1. The second kappa shape index (κ2) is 2.95. The third kappa shape index (κ3) is 1.70. The molecule has 1 saturated heterocycles. The minimum absolute atomic E-state index is 0.497. The molecule has 1 unspecified atom stereocenters. The van der Waals surface area contributed by atoms with Crippen molar-refractivity contribution in [3.05, 3.63) is 0 Å². The molecule has 0 amide bonds. The van der Waals surface area contributed by atoms with Crippen LogP contribution in [-0.2, 0) is 4.74 Å². The molecule has 0 aromatic heterocycles. The lowest BCUT2D eigenvalue weighted by Gasteiger charge is -2.15. The van der Waals surface area contributed by atoms with Gasteiger partial charge in [0.2, 0.25) is 0 Å². The van der Waals surface area contributed by atoms with E-state index >= 15 is 0 Å². The van der Waals surface area contributed by atoms with Gasteiger partial charge in [-0.05, 0) is 37.5 Å². The highest BCUT2D eigenvalue weighted by Gasteiger charge is 2.43. The van der Waals surface area contributed by atoms with Gasteiger partial charge in [-0.3, -0.25) is 0 Å². The van der Waals surface area contributed by atoms with E-state index in [1.54, 1.807) is 0 Å². The molecule has 1 aliphatic carbocycles. The van der Waals surface area contributed by atoms with Crippen LogP contribution in [0, 0.1) is 5.41 Å². The molecule has 0 spiro atoms. The molecule has 2 fully saturated rings. The van der Waals surface area contributed by atoms with Crippen LogP contribution in [0.3, 0.4) is 0 Å². The van der Waals surface area contributed by atoms with Crippen molar-refractivity contribution in [3.63, 3.8) is 0 Å². The summed E-state index contributed by atoms with van der Waals surface area (Å²) in [4.78, 5) is 0. The van der Waals surface area contributed by atoms with E-state index in [2.05, 4.69) is 0 Å². The van der Waals surface area contributed by atoms with Crippen molar-refractivity contribution in [2.45, 2.75) is 38.2 Å². The van der Waals surface area contributed by atoms with Gasteiger partial charge in [0.05, 0.1) is 6.10 Å². The molecule has 2 heteroatoms. The Labute approximate surface area is 73.1 Å². The Morgan fingerprint density at radius 3 is 2.73 bits per heavy atom. The predicted octanol–water partition coefficient (Wildman–Crippen LogP) is 2.57. The molecule has 0 N–H and O–H groups in total. The molecular formula is C9H15ClO. The smallest absolute Gasteiger partial charge is 0.0581 e. The van der Waals surface area contributed by atoms with E-state index in [1.807, 2.05) is 0 Å². The fourth-order valence-electron chi connectivity index (χ4n) is 1.86. The van der Waals surface area contributed by atoms with Crippen molar-refractivity contribution in [1.29, 1.82) is 0 Å². The molecule has 1 heterocycles. The Morgan fingerprint density at radius 1 is 1.45 bits per heavy atom. The Kier molecular flexibility index (Phi) is 2.11. The Bertz CT molecular complexity index is 136. The van der Waals surface area contributed by atoms with E-state index < -0.39 is 0 Å². The predicted molar refractivity (Wildman–Crippen MR) is 46.0 cm³/mol. The number of halogens is 1. The van der Waals surface area contributed by atoms with E-state index in [0.29, 0.717) is 11.5 Å². The Hall–Kier alpha value is 0.250. The van der Waals surface area contributed by atoms with Gasteiger partial charge in [0.15, 0.2) is 0 Å². The number of rotatable bonds is 3. The maximum Gasteiger partial charge on any atom is 0.0581 e. The van der Waals surface area contributed by atoms with Crippen LogP contribution in [0.15, 0.2) is 0 Å². The highest BCUT2D eigenvalue weighted by molar-refractivity contribution is 6.18. The van der Waals surface area contributed by atoms with Crippen LogP contribution in [-0.4, -0.2) is 18.6 Å². The number of ether oxygens (including phenoxy) is 1. The van der Waals surface area contributed by atoms with Crippen LogP contribution in [0.25, 0.3) is 0 Å². The van der Waals surface area contributed by atoms with E-state index in [-0.39, 0.29) is 0 Å². The molecule has 0 aromatic carbocycles. The summed E-state index contributed by atoms with van der Waals surface area (Å²) in [5.74, 6) is 0.840. The Morgan fingerprint density at radius 2 is 2.27 bits per heavy atom. The highest BCUT2D eigenvalue weighted by atomic mass is 35.5. The average Bonchev–Trinajstić information content (AvgIpc) is 2.59. The summed E-state index contributed by atoms with van der Waals surface area (Å²) in [6.07, 6.45) is 6.93. The zero-order valence-corrected chi connectivity index (χ0v) is 7.57. The van der Waals surface area contributed by atoms with E-state index in [4.69, 9.17) is 16.3 Å². The molecule has 1 nitrogen and oxygen atoms in total. The van der Waals surface area contributed by atoms with Gasteiger partial charge < -0.3 is 4.74 Å². The maximum atomic E-state index is 5.88. The van der Waals surface area contributed by atoms with E-state index in [9.17, 15) is 0 Å². The second-order valence-electron chi connectivity index (χ2n) is 3.97. The third-order valence-corrected chi connectivity index (χ3v) is 3.49. The highest BCUT2D eigenvalue weighted by Crippen LogP contribution is 2.51. The van der Waals surface area contributed by atoms with Crippen LogP contribution in [0.2, 0.25) is 0 Å². The van der Waals surface area contributed by atoms with Crippen molar-refractivity contribution in [3.8, 4) is 0 Å². The first kappa shape index (κ1) is 7.88. The summed E-state index contributed by atoms with van der Waals surface area (Å²) < 4.78 is 5.57. The van der Waals surface area contributed by atoms with Crippen molar-refractivity contribution in [2.75, 3.05) is 12.5 Å². The molecule has 0 bridgehead atoms. The van der Waals surface area contributed by atoms with Crippen molar-refractivity contribution in [1.82, 2.24) is 0 Å². The van der Waals surface area contributed by atoms with Crippen LogP contribution < -0.4 is 0 Å². The summed E-state index contributed by atoms with van der Waals surface area (Å²) >= 11 is 5.88. The quantitative estimate of drug-likeness (QED) is 0.598. The average molecular weight is 175 g/mol. The molecular weight excluding hydrogens is 160 g/mol. The SMILES string of the molecule is ClCC1(CC2CCCO2)CC1. The van der Waals surface area contributed by atoms with E-state index in [1.165, 1.54) is 32.1 Å². The topological polar surface area (TPSA) is 9.23 Å². The first-order chi connectivity index (χ1) is 5.35. The summed E-state index contributed by atoms with van der Waals surface area (Å²) in [7, 11) is 0. The lowest BCUT2D eigenvalue weighted by molar-refractivity contribution is 0.0888. The summed E-state index contributed by atoms with van der Waals surface area (Å²) in [6, 6.07) is 0. The zero-order valence-electron chi connectivity index (χ0n) is 6.81. The second-order valence-corrected chi connectivity index (χ2v) is 4.24. The molecule has 0 radical (unpaired) electrons. The third-order valence-electron chi connectivity index (χ3n) is 2.93. The van der Waals surface area contributed by atoms with Crippen LogP contribution in [0.5, 0.6) is 0 Å². The van der Waals surface area contributed by atoms with Gasteiger partial charge >= 0.3 is 0 Å². The molecule has 1 saturated carbocycles. The minimum atomic E-state index is 0.497. The molecule has 64 valence electrons.